The van der Waals surface area contributed by atoms with Gasteiger partial charge in [0, 0.05) is 18.0 Å². The van der Waals surface area contributed by atoms with E-state index in [9.17, 15) is 4.79 Å². The molecule has 23 heavy (non-hydrogen) atoms. The Hall–Kier alpha value is -2.47. The smallest absolute Gasteiger partial charge is 0.231 e. The normalized spacial score (nSPS) is 17.1. The van der Waals surface area contributed by atoms with Crippen LogP contribution in [0, 0.1) is 0 Å². The molecule has 1 aliphatic rings. The van der Waals surface area contributed by atoms with Crippen LogP contribution < -0.4 is 16.8 Å². The number of anilines is 1. The summed E-state index contributed by atoms with van der Waals surface area (Å²) in [6.45, 7) is 1.77. The van der Waals surface area contributed by atoms with E-state index in [4.69, 9.17) is 11.5 Å². The molecule has 1 amide bonds. The van der Waals surface area contributed by atoms with Crippen LogP contribution in [0.25, 0.3) is 11.1 Å². The molecule has 0 bridgehead atoms. The van der Waals surface area contributed by atoms with Gasteiger partial charge in [0.1, 0.15) is 0 Å². The van der Waals surface area contributed by atoms with Gasteiger partial charge >= 0.3 is 0 Å². The molecule has 5 N–H and O–H groups in total. The highest BCUT2D eigenvalue weighted by Crippen LogP contribution is 2.44. The summed E-state index contributed by atoms with van der Waals surface area (Å²) in [4.78, 5) is 20.5. The maximum absolute atomic E-state index is 12.5. The Kier molecular flexibility index (Phi) is 4.00. The second-order valence-electron chi connectivity index (χ2n) is 6.11. The zero-order valence-electron chi connectivity index (χ0n) is 13.1. The molecule has 1 aromatic heterocycles. The molecule has 6 heteroatoms. The fourth-order valence-corrected chi connectivity index (χ4v) is 2.99. The molecule has 0 aliphatic heterocycles. The number of amides is 1. The number of carbonyl (C=O) groups excluding carboxylic acids is 1. The Labute approximate surface area is 135 Å². The Balaban J connectivity index is 1.86. The summed E-state index contributed by atoms with van der Waals surface area (Å²) in [5.74, 6) is 0.272. The summed E-state index contributed by atoms with van der Waals surface area (Å²) in [7, 11) is 0. The number of hydrogen-bond donors (Lipinski definition) is 3. The number of nitrogens with zero attached hydrogens (tertiary/aromatic N) is 2. The number of nitrogen functional groups attached to an aromatic ring is 1. The van der Waals surface area contributed by atoms with E-state index in [0.717, 1.165) is 36.0 Å². The molecule has 0 radical (unpaired) electrons. The number of nitrogens with two attached hydrogens (primary N) is 2. The fourth-order valence-electron chi connectivity index (χ4n) is 2.99. The molecule has 1 saturated carbocycles. The third-order valence-corrected chi connectivity index (χ3v) is 4.44. The van der Waals surface area contributed by atoms with Gasteiger partial charge < -0.3 is 16.8 Å². The molecule has 1 unspecified atom stereocenters. The van der Waals surface area contributed by atoms with Crippen LogP contribution in [-0.2, 0) is 10.2 Å². The number of nitrogens with one attached hydrogen (secondary N) is 1. The zero-order valence-corrected chi connectivity index (χ0v) is 13.1. The van der Waals surface area contributed by atoms with Crippen LogP contribution in [0.15, 0.2) is 36.7 Å². The molecule has 1 aromatic carbocycles. The number of hydrogen-bond acceptors (Lipinski definition) is 5. The Morgan fingerprint density at radius 3 is 2.26 bits per heavy atom. The predicted octanol–water partition coefficient (Wildman–Crippen LogP) is 1.57. The van der Waals surface area contributed by atoms with Crippen LogP contribution in [0.2, 0.25) is 0 Å². The first-order valence-electron chi connectivity index (χ1n) is 7.76. The van der Waals surface area contributed by atoms with E-state index in [1.54, 1.807) is 19.3 Å². The van der Waals surface area contributed by atoms with Crippen molar-refractivity contribution in [2.75, 3.05) is 5.73 Å². The topological polar surface area (TPSA) is 107 Å². The molecule has 0 saturated heterocycles. The van der Waals surface area contributed by atoms with Gasteiger partial charge in [-0.3, -0.25) is 4.79 Å². The van der Waals surface area contributed by atoms with Crippen LogP contribution in [0.1, 0.15) is 31.7 Å². The quantitative estimate of drug-likeness (QED) is 0.743. The molecule has 2 aromatic rings. The second-order valence-corrected chi connectivity index (χ2v) is 6.11. The van der Waals surface area contributed by atoms with Crippen molar-refractivity contribution in [1.82, 2.24) is 15.3 Å². The highest BCUT2D eigenvalue weighted by Gasteiger charge is 2.45. The Bertz CT molecular complexity index is 690. The van der Waals surface area contributed by atoms with Gasteiger partial charge in [-0.1, -0.05) is 30.7 Å². The molecule has 0 spiro atoms. The first-order valence-corrected chi connectivity index (χ1v) is 7.76. The number of rotatable bonds is 4. The van der Waals surface area contributed by atoms with E-state index in [2.05, 4.69) is 15.3 Å². The summed E-state index contributed by atoms with van der Waals surface area (Å²) < 4.78 is 0. The number of carbonyl (C=O) groups is 1. The molecule has 1 fully saturated rings. The zero-order chi connectivity index (χ0) is 16.4. The molecule has 1 atom stereocenters. The van der Waals surface area contributed by atoms with E-state index >= 15 is 0 Å². The molecule has 3 rings (SSSR count). The van der Waals surface area contributed by atoms with Gasteiger partial charge in [-0.15, -0.1) is 0 Å². The van der Waals surface area contributed by atoms with Crippen molar-refractivity contribution in [3.63, 3.8) is 0 Å². The van der Waals surface area contributed by atoms with Crippen molar-refractivity contribution < 1.29 is 4.79 Å². The third-order valence-electron chi connectivity index (χ3n) is 4.44. The monoisotopic (exact) mass is 311 g/mol. The molecular weight excluding hydrogens is 290 g/mol. The van der Waals surface area contributed by atoms with Crippen molar-refractivity contribution >= 4 is 11.9 Å². The van der Waals surface area contributed by atoms with Gasteiger partial charge in [-0.25, -0.2) is 9.97 Å². The van der Waals surface area contributed by atoms with E-state index in [0.29, 0.717) is 0 Å². The highest BCUT2D eigenvalue weighted by atomic mass is 16.2. The van der Waals surface area contributed by atoms with Crippen LogP contribution in [0.3, 0.4) is 0 Å². The lowest BCUT2D eigenvalue weighted by atomic mass is 9.63. The van der Waals surface area contributed by atoms with Gasteiger partial charge in [0.15, 0.2) is 0 Å². The van der Waals surface area contributed by atoms with Gasteiger partial charge in [0.25, 0.3) is 0 Å². The van der Waals surface area contributed by atoms with Crippen molar-refractivity contribution in [3.05, 3.63) is 42.2 Å². The van der Waals surface area contributed by atoms with Gasteiger partial charge in [0.05, 0.1) is 11.6 Å². The molecule has 6 nitrogen and oxygen atoms in total. The Morgan fingerprint density at radius 2 is 1.78 bits per heavy atom. The lowest BCUT2D eigenvalue weighted by molar-refractivity contribution is -0.130. The lowest BCUT2D eigenvalue weighted by Crippen LogP contribution is -2.53. The first kappa shape index (κ1) is 15.4. The average molecular weight is 311 g/mol. The first-order chi connectivity index (χ1) is 11.0. The summed E-state index contributed by atoms with van der Waals surface area (Å²) in [6, 6.07) is 7.99. The van der Waals surface area contributed by atoms with Crippen LogP contribution in [0.5, 0.6) is 0 Å². The third kappa shape index (κ3) is 2.90. The Morgan fingerprint density at radius 1 is 1.17 bits per heavy atom. The number of aromatic nitrogens is 2. The molecule has 120 valence electrons. The standard InChI is InChI=1S/C17H21N5O/c1-11(18)22-15(23)17(7-2-8-17)14-5-3-12(4-6-14)13-9-20-16(19)21-10-13/h3-6,9-11H,2,7-8,18H2,1H3,(H,22,23)(H2,19,20,21). The maximum Gasteiger partial charge on any atom is 0.231 e. The van der Waals surface area contributed by atoms with E-state index < -0.39 is 5.41 Å². The van der Waals surface area contributed by atoms with Crippen molar-refractivity contribution in [2.24, 2.45) is 5.73 Å². The number of benzene rings is 1. The van der Waals surface area contributed by atoms with Crippen molar-refractivity contribution in [3.8, 4) is 11.1 Å². The van der Waals surface area contributed by atoms with E-state index in [-0.39, 0.29) is 18.0 Å². The highest BCUT2D eigenvalue weighted by molar-refractivity contribution is 5.89. The van der Waals surface area contributed by atoms with Crippen LogP contribution in [-0.4, -0.2) is 22.0 Å². The predicted molar refractivity (Wildman–Crippen MR) is 89.2 cm³/mol. The summed E-state index contributed by atoms with van der Waals surface area (Å²) in [5, 5.41) is 2.84. The summed E-state index contributed by atoms with van der Waals surface area (Å²) >= 11 is 0. The van der Waals surface area contributed by atoms with Crippen molar-refractivity contribution in [1.29, 1.82) is 0 Å². The minimum absolute atomic E-state index is 0.0160. The van der Waals surface area contributed by atoms with Gasteiger partial charge in [-0.2, -0.15) is 0 Å². The van der Waals surface area contributed by atoms with Crippen LogP contribution >= 0.6 is 0 Å². The summed E-state index contributed by atoms with van der Waals surface area (Å²) in [6.07, 6.45) is 5.82. The largest absolute Gasteiger partial charge is 0.368 e. The SMILES string of the molecule is CC(N)NC(=O)C1(c2ccc(-c3cnc(N)nc3)cc2)CCC1. The van der Waals surface area contributed by atoms with Crippen LogP contribution in [0.4, 0.5) is 5.95 Å². The van der Waals surface area contributed by atoms with Gasteiger partial charge in [0.2, 0.25) is 11.9 Å². The van der Waals surface area contributed by atoms with Gasteiger partial charge in [-0.05, 0) is 30.9 Å². The summed E-state index contributed by atoms with van der Waals surface area (Å²) in [5.41, 5.74) is 13.7. The lowest BCUT2D eigenvalue weighted by Gasteiger charge is -2.41. The minimum Gasteiger partial charge on any atom is -0.368 e. The van der Waals surface area contributed by atoms with E-state index in [1.165, 1.54) is 0 Å². The fraction of sp³-hybridized carbons (Fsp3) is 0.353. The van der Waals surface area contributed by atoms with Crippen molar-refractivity contribution in [2.45, 2.75) is 37.8 Å². The second kappa shape index (κ2) is 5.96. The average Bonchev–Trinajstić information content (AvgIpc) is 2.47. The molecule has 1 aliphatic carbocycles. The molecular formula is C17H21N5O. The molecule has 1 heterocycles. The maximum atomic E-state index is 12.5. The minimum atomic E-state index is -0.441. The van der Waals surface area contributed by atoms with E-state index in [1.807, 2.05) is 24.3 Å².